The van der Waals surface area contributed by atoms with Gasteiger partial charge in [0.15, 0.2) is 5.65 Å². The Kier molecular flexibility index (Phi) is 5.68. The Morgan fingerprint density at radius 3 is 2.59 bits per heavy atom. The zero-order chi connectivity index (χ0) is 22.8. The van der Waals surface area contributed by atoms with Crippen LogP contribution in [0.3, 0.4) is 0 Å². The first-order valence-electron chi connectivity index (χ1n) is 10.3. The van der Waals surface area contributed by atoms with Crippen molar-refractivity contribution in [3.8, 4) is 11.3 Å². The molecule has 1 amide bonds. The fourth-order valence-electron chi connectivity index (χ4n) is 3.69. The number of fused-ring (bicyclic) bond motifs is 1. The van der Waals surface area contributed by atoms with Crippen molar-refractivity contribution in [2.75, 3.05) is 0 Å². The number of carbonyl (C=O) groups excluding carboxylic acids is 1. The van der Waals surface area contributed by atoms with E-state index in [1.165, 1.54) is 6.07 Å². The minimum atomic E-state index is -0.449. The molecule has 0 aliphatic rings. The Morgan fingerprint density at radius 1 is 1.16 bits per heavy atom. The fraction of sp³-hybridized carbons (Fsp3) is 0.208. The lowest BCUT2D eigenvalue weighted by Crippen LogP contribution is -2.23. The molecule has 2 aromatic heterocycles. The first-order chi connectivity index (χ1) is 15.4. The average Bonchev–Trinajstić information content (AvgIpc) is 3.21. The van der Waals surface area contributed by atoms with Crippen LogP contribution in [0.15, 0.2) is 60.8 Å². The number of nitro groups is 1. The lowest BCUT2D eigenvalue weighted by molar-refractivity contribution is -0.385. The zero-order valence-corrected chi connectivity index (χ0v) is 18.1. The molecule has 0 saturated heterocycles. The van der Waals surface area contributed by atoms with Crippen LogP contribution in [0, 0.1) is 17.0 Å². The highest BCUT2D eigenvalue weighted by molar-refractivity contribution is 6.06. The fourth-order valence-corrected chi connectivity index (χ4v) is 3.69. The van der Waals surface area contributed by atoms with Crippen LogP contribution in [0.5, 0.6) is 0 Å². The first-order valence-corrected chi connectivity index (χ1v) is 10.3. The summed E-state index contributed by atoms with van der Waals surface area (Å²) in [5.41, 5.74) is 4.11. The van der Waals surface area contributed by atoms with Crippen molar-refractivity contribution in [3.63, 3.8) is 0 Å². The second kappa shape index (κ2) is 8.58. The van der Waals surface area contributed by atoms with Gasteiger partial charge in [0.05, 0.1) is 27.8 Å². The van der Waals surface area contributed by atoms with Crippen molar-refractivity contribution >= 4 is 22.6 Å². The number of aryl methyl sites for hydroxylation is 1. The van der Waals surface area contributed by atoms with Gasteiger partial charge in [0.25, 0.3) is 11.6 Å². The van der Waals surface area contributed by atoms with Gasteiger partial charge in [-0.2, -0.15) is 5.10 Å². The molecule has 4 rings (SSSR count). The summed E-state index contributed by atoms with van der Waals surface area (Å²) >= 11 is 0. The van der Waals surface area contributed by atoms with Crippen LogP contribution in [-0.4, -0.2) is 25.6 Å². The van der Waals surface area contributed by atoms with E-state index in [2.05, 4.69) is 10.4 Å². The van der Waals surface area contributed by atoms with E-state index >= 15 is 0 Å². The second-order valence-corrected chi connectivity index (χ2v) is 7.86. The number of hydrogen-bond acceptors (Lipinski definition) is 5. The van der Waals surface area contributed by atoms with Crippen molar-refractivity contribution in [1.29, 1.82) is 0 Å². The van der Waals surface area contributed by atoms with Gasteiger partial charge in [0.2, 0.25) is 0 Å². The standard InChI is InChI=1S/C24H23N5O3/c1-15(2)28-23-20(14-26-28)19(12-21(27-23)18-10-6-4-8-16(18)3)24(30)25-13-17-9-5-7-11-22(17)29(31)32/h4-12,14-15H,13H2,1-3H3,(H,25,30). The van der Waals surface area contributed by atoms with Gasteiger partial charge >= 0.3 is 0 Å². The van der Waals surface area contributed by atoms with Gasteiger partial charge in [0.1, 0.15) is 0 Å². The number of nitro benzene ring substituents is 1. The van der Waals surface area contributed by atoms with Crippen LogP contribution in [0.1, 0.15) is 41.4 Å². The monoisotopic (exact) mass is 429 g/mol. The van der Waals surface area contributed by atoms with Crippen molar-refractivity contribution in [2.24, 2.45) is 0 Å². The molecule has 0 aliphatic carbocycles. The smallest absolute Gasteiger partial charge is 0.274 e. The number of amides is 1. The van der Waals surface area contributed by atoms with Gasteiger partial charge in [-0.15, -0.1) is 0 Å². The highest BCUT2D eigenvalue weighted by Gasteiger charge is 2.20. The van der Waals surface area contributed by atoms with Crippen LogP contribution >= 0.6 is 0 Å². The lowest BCUT2D eigenvalue weighted by Gasteiger charge is -2.12. The summed E-state index contributed by atoms with van der Waals surface area (Å²) in [7, 11) is 0. The minimum absolute atomic E-state index is 0.0269. The lowest BCUT2D eigenvalue weighted by atomic mass is 10.0. The second-order valence-electron chi connectivity index (χ2n) is 7.86. The van der Waals surface area contributed by atoms with E-state index in [0.29, 0.717) is 27.9 Å². The van der Waals surface area contributed by atoms with Crippen molar-refractivity contribution in [2.45, 2.75) is 33.4 Å². The third kappa shape index (κ3) is 3.94. The molecule has 0 atom stereocenters. The Balaban J connectivity index is 1.77. The van der Waals surface area contributed by atoms with Crippen molar-refractivity contribution < 1.29 is 9.72 Å². The summed E-state index contributed by atoms with van der Waals surface area (Å²) in [6, 6.07) is 16.0. The van der Waals surface area contributed by atoms with Gasteiger partial charge in [-0.25, -0.2) is 9.67 Å². The summed E-state index contributed by atoms with van der Waals surface area (Å²) in [6.45, 7) is 6.04. The molecule has 0 radical (unpaired) electrons. The van der Waals surface area contributed by atoms with Gasteiger partial charge in [-0.05, 0) is 32.4 Å². The average molecular weight is 429 g/mol. The molecular weight excluding hydrogens is 406 g/mol. The summed E-state index contributed by atoms with van der Waals surface area (Å²) in [5, 5.41) is 19.2. The third-order valence-electron chi connectivity index (χ3n) is 5.35. The summed E-state index contributed by atoms with van der Waals surface area (Å²) < 4.78 is 1.79. The highest BCUT2D eigenvalue weighted by atomic mass is 16.6. The summed E-state index contributed by atoms with van der Waals surface area (Å²) in [6.07, 6.45) is 1.64. The maximum Gasteiger partial charge on any atom is 0.274 e. The number of aromatic nitrogens is 3. The van der Waals surface area contributed by atoms with Crippen LogP contribution in [0.4, 0.5) is 5.69 Å². The predicted octanol–water partition coefficient (Wildman–Crippen LogP) is 4.83. The molecule has 32 heavy (non-hydrogen) atoms. The van der Waals surface area contributed by atoms with Crippen LogP contribution in [0.25, 0.3) is 22.3 Å². The maximum atomic E-state index is 13.2. The third-order valence-corrected chi connectivity index (χ3v) is 5.35. The summed E-state index contributed by atoms with van der Waals surface area (Å²) in [4.78, 5) is 28.9. The van der Waals surface area contributed by atoms with E-state index in [4.69, 9.17) is 4.98 Å². The molecule has 8 nitrogen and oxygen atoms in total. The number of carbonyl (C=O) groups is 1. The van der Waals surface area contributed by atoms with E-state index < -0.39 is 4.92 Å². The molecule has 0 aliphatic heterocycles. The van der Waals surface area contributed by atoms with Gasteiger partial charge in [-0.3, -0.25) is 14.9 Å². The van der Waals surface area contributed by atoms with E-state index in [1.807, 2.05) is 45.0 Å². The quantitative estimate of drug-likeness (QED) is 0.349. The van der Waals surface area contributed by atoms with Crippen LogP contribution < -0.4 is 5.32 Å². The van der Waals surface area contributed by atoms with E-state index in [0.717, 1.165) is 11.1 Å². The number of benzene rings is 2. The molecule has 0 unspecified atom stereocenters. The SMILES string of the molecule is Cc1ccccc1-c1cc(C(=O)NCc2ccccc2[N+](=O)[O-])c2cnn(C(C)C)c2n1. The Labute approximate surface area is 185 Å². The Morgan fingerprint density at radius 2 is 1.88 bits per heavy atom. The predicted molar refractivity (Wildman–Crippen MR) is 122 cm³/mol. The minimum Gasteiger partial charge on any atom is -0.348 e. The first kappa shape index (κ1) is 21.2. The van der Waals surface area contributed by atoms with Crippen molar-refractivity contribution in [1.82, 2.24) is 20.1 Å². The highest BCUT2D eigenvalue weighted by Crippen LogP contribution is 2.28. The van der Waals surface area contributed by atoms with E-state index in [9.17, 15) is 14.9 Å². The molecule has 0 spiro atoms. The van der Waals surface area contributed by atoms with Crippen molar-refractivity contribution in [3.05, 3.63) is 87.6 Å². The molecule has 2 aromatic carbocycles. The molecule has 2 heterocycles. The summed E-state index contributed by atoms with van der Waals surface area (Å²) in [5.74, 6) is -0.339. The normalized spacial score (nSPS) is 11.1. The number of para-hydroxylation sites is 1. The van der Waals surface area contributed by atoms with Gasteiger partial charge in [-0.1, -0.05) is 42.5 Å². The molecule has 0 saturated carbocycles. The Hall–Kier alpha value is -4.07. The van der Waals surface area contributed by atoms with Crippen LogP contribution in [-0.2, 0) is 6.54 Å². The molecule has 4 aromatic rings. The van der Waals surface area contributed by atoms with Gasteiger partial charge < -0.3 is 5.32 Å². The molecular formula is C24H23N5O3. The van der Waals surface area contributed by atoms with Crippen LogP contribution in [0.2, 0.25) is 0 Å². The Bertz CT molecular complexity index is 1330. The number of rotatable bonds is 6. The number of hydrogen-bond donors (Lipinski definition) is 1. The number of nitrogens with one attached hydrogen (secondary N) is 1. The topological polar surface area (TPSA) is 103 Å². The molecule has 162 valence electrons. The molecule has 8 heteroatoms. The largest absolute Gasteiger partial charge is 0.348 e. The van der Waals surface area contributed by atoms with E-state index in [1.54, 1.807) is 35.1 Å². The molecule has 1 N–H and O–H groups in total. The molecule has 0 bridgehead atoms. The zero-order valence-electron chi connectivity index (χ0n) is 18.1. The van der Waals surface area contributed by atoms with E-state index in [-0.39, 0.29) is 24.2 Å². The number of nitrogens with zero attached hydrogens (tertiary/aromatic N) is 4. The molecule has 0 fully saturated rings. The van der Waals surface area contributed by atoms with Gasteiger partial charge in [0, 0.05) is 29.8 Å². The number of pyridine rings is 1. The maximum absolute atomic E-state index is 13.2.